The van der Waals surface area contributed by atoms with Gasteiger partial charge in [0, 0.05) is 5.56 Å². The van der Waals surface area contributed by atoms with Gasteiger partial charge in [0.2, 0.25) is 5.91 Å². The van der Waals surface area contributed by atoms with E-state index in [1.165, 1.54) is 12.1 Å². The van der Waals surface area contributed by atoms with Crippen LogP contribution in [0, 0.1) is 0 Å². The molecule has 1 atom stereocenters. The minimum atomic E-state index is -3.28. The zero-order valence-corrected chi connectivity index (χ0v) is 19.0. The van der Waals surface area contributed by atoms with E-state index in [0.29, 0.717) is 39.7 Å². The van der Waals surface area contributed by atoms with Gasteiger partial charge in [0.05, 0.1) is 33.6 Å². The molecule has 0 aliphatic heterocycles. The summed E-state index contributed by atoms with van der Waals surface area (Å²) in [6.07, 6.45) is 1.19. The summed E-state index contributed by atoms with van der Waals surface area (Å²) in [5.74, 6) is -0.702. The molecule has 0 radical (unpaired) electrons. The third kappa shape index (κ3) is 4.44. The first kappa shape index (κ1) is 22.2. The van der Waals surface area contributed by atoms with Gasteiger partial charge in [0.25, 0.3) is 0 Å². The molecule has 2 aromatic carbocycles. The van der Waals surface area contributed by atoms with Crippen molar-refractivity contribution in [1.82, 2.24) is 4.98 Å². The van der Waals surface area contributed by atoms with E-state index in [9.17, 15) is 23.1 Å². The van der Waals surface area contributed by atoms with Crippen LogP contribution in [0.25, 0.3) is 0 Å². The molecular weight excluding hydrogens is 448 g/mol. The Bertz CT molecular complexity index is 1280. The first-order valence-electron chi connectivity index (χ1n) is 10.2. The summed E-state index contributed by atoms with van der Waals surface area (Å²) in [6.45, 7) is 1.58. The number of nitrogens with one attached hydrogen (secondary N) is 1. The van der Waals surface area contributed by atoms with Crippen molar-refractivity contribution in [3.05, 3.63) is 70.2 Å². The average Bonchev–Trinajstić information content (AvgIpc) is 3.18. The van der Waals surface area contributed by atoms with E-state index in [1.807, 2.05) is 0 Å². The number of carbonyl (C=O) groups is 2. The normalized spacial score (nSPS) is 15.9. The number of rotatable bonds is 6. The van der Waals surface area contributed by atoms with Crippen molar-refractivity contribution >= 4 is 38.0 Å². The van der Waals surface area contributed by atoms with Gasteiger partial charge in [-0.2, -0.15) is 0 Å². The highest BCUT2D eigenvalue weighted by Gasteiger charge is 2.33. The van der Waals surface area contributed by atoms with E-state index in [2.05, 4.69) is 10.3 Å². The number of anilines is 1. The molecule has 0 spiro atoms. The average molecular weight is 471 g/mol. The summed E-state index contributed by atoms with van der Waals surface area (Å²) in [6, 6.07) is 13.1. The quantitative estimate of drug-likeness (QED) is 0.567. The molecule has 7 nitrogen and oxygen atoms in total. The second-order valence-corrected chi connectivity index (χ2v) is 10.9. The Morgan fingerprint density at radius 2 is 1.91 bits per heavy atom. The van der Waals surface area contributed by atoms with Crippen molar-refractivity contribution in [2.75, 3.05) is 11.1 Å². The Kier molecular flexibility index (Phi) is 6.12. The number of aryl methyl sites for hydroxylation is 1. The monoisotopic (exact) mass is 470 g/mol. The summed E-state index contributed by atoms with van der Waals surface area (Å²) < 4.78 is 23.8. The van der Waals surface area contributed by atoms with Crippen LogP contribution in [0.1, 0.15) is 45.8 Å². The lowest BCUT2D eigenvalue weighted by molar-refractivity contribution is -0.115. The molecule has 1 heterocycles. The Balaban J connectivity index is 1.45. The molecule has 1 aliphatic carbocycles. The van der Waals surface area contributed by atoms with Gasteiger partial charge in [-0.1, -0.05) is 48.6 Å². The number of ketones is 1. The molecular formula is C23H22N2O5S2. The maximum atomic E-state index is 13.0. The number of carbonyl (C=O) groups excluding carboxylic acids is 2. The summed E-state index contributed by atoms with van der Waals surface area (Å²) in [4.78, 5) is 30.6. The van der Waals surface area contributed by atoms with Gasteiger partial charge >= 0.3 is 0 Å². The van der Waals surface area contributed by atoms with E-state index >= 15 is 0 Å². The highest BCUT2D eigenvalue weighted by atomic mass is 32.2. The van der Waals surface area contributed by atoms with Crippen LogP contribution in [0.5, 0.6) is 5.75 Å². The number of aromatic nitrogens is 1. The summed E-state index contributed by atoms with van der Waals surface area (Å²) in [5.41, 5.74) is 1.95. The van der Waals surface area contributed by atoms with Crippen LogP contribution < -0.4 is 5.32 Å². The molecule has 4 rings (SSSR count). The van der Waals surface area contributed by atoms with Gasteiger partial charge < -0.3 is 10.4 Å². The summed E-state index contributed by atoms with van der Waals surface area (Å²) in [7, 11) is -3.28. The SMILES string of the molecule is CCS(=O)(=O)c1ccc(CC(=O)Nc2nc3c(s2)C(=O)C(c2ccccc2O)CC3)cc1. The van der Waals surface area contributed by atoms with Gasteiger partial charge in [0.1, 0.15) is 5.75 Å². The molecule has 0 fully saturated rings. The van der Waals surface area contributed by atoms with Crippen molar-refractivity contribution in [1.29, 1.82) is 0 Å². The van der Waals surface area contributed by atoms with Crippen molar-refractivity contribution in [2.24, 2.45) is 0 Å². The van der Waals surface area contributed by atoms with Crippen LogP contribution in [0.2, 0.25) is 0 Å². The predicted molar refractivity (Wildman–Crippen MR) is 122 cm³/mol. The third-order valence-corrected chi connectivity index (χ3v) is 8.27. The van der Waals surface area contributed by atoms with Gasteiger partial charge in [0.15, 0.2) is 20.8 Å². The van der Waals surface area contributed by atoms with Gasteiger partial charge in [-0.05, 0) is 36.6 Å². The van der Waals surface area contributed by atoms with Crippen LogP contribution in [-0.2, 0) is 27.5 Å². The van der Waals surface area contributed by atoms with E-state index in [-0.39, 0.29) is 34.5 Å². The van der Waals surface area contributed by atoms with Gasteiger partial charge in [-0.3, -0.25) is 9.59 Å². The molecule has 0 saturated heterocycles. The topological polar surface area (TPSA) is 113 Å². The fourth-order valence-corrected chi connectivity index (χ4v) is 5.65. The van der Waals surface area contributed by atoms with Crippen molar-refractivity contribution in [3.8, 4) is 5.75 Å². The largest absolute Gasteiger partial charge is 0.508 e. The fraction of sp³-hybridized carbons (Fsp3) is 0.261. The van der Waals surface area contributed by atoms with Crippen molar-refractivity contribution in [3.63, 3.8) is 0 Å². The minimum absolute atomic E-state index is 0.0189. The zero-order chi connectivity index (χ0) is 22.9. The molecule has 1 aromatic heterocycles. The first-order valence-corrected chi connectivity index (χ1v) is 12.7. The van der Waals surface area contributed by atoms with Crippen LogP contribution in [0.4, 0.5) is 5.13 Å². The van der Waals surface area contributed by atoms with E-state index in [1.54, 1.807) is 43.3 Å². The van der Waals surface area contributed by atoms with Gasteiger partial charge in [-0.15, -0.1) is 0 Å². The number of hydrogen-bond donors (Lipinski definition) is 2. The van der Waals surface area contributed by atoms with Crippen LogP contribution >= 0.6 is 11.3 Å². The number of phenols is 1. The molecule has 32 heavy (non-hydrogen) atoms. The maximum absolute atomic E-state index is 13.0. The molecule has 1 amide bonds. The number of para-hydroxylation sites is 1. The Morgan fingerprint density at radius 1 is 1.19 bits per heavy atom. The second kappa shape index (κ2) is 8.84. The van der Waals surface area contributed by atoms with Crippen LogP contribution in [0.15, 0.2) is 53.4 Å². The number of nitrogens with zero attached hydrogens (tertiary/aromatic N) is 1. The highest BCUT2D eigenvalue weighted by Crippen LogP contribution is 2.39. The predicted octanol–water partition coefficient (Wildman–Crippen LogP) is 3.74. The Morgan fingerprint density at radius 3 is 2.59 bits per heavy atom. The van der Waals surface area contributed by atoms with Crippen molar-refractivity contribution < 1.29 is 23.1 Å². The lowest BCUT2D eigenvalue weighted by atomic mass is 9.84. The van der Waals surface area contributed by atoms with Crippen LogP contribution in [-0.4, -0.2) is 36.0 Å². The molecule has 1 unspecified atom stereocenters. The number of amides is 1. The number of thiazole rings is 1. The zero-order valence-electron chi connectivity index (χ0n) is 17.4. The second-order valence-electron chi connectivity index (χ2n) is 7.58. The fourth-order valence-electron chi connectivity index (χ4n) is 3.75. The van der Waals surface area contributed by atoms with E-state index < -0.39 is 15.8 Å². The molecule has 3 aromatic rings. The van der Waals surface area contributed by atoms with E-state index in [4.69, 9.17) is 0 Å². The Hall–Kier alpha value is -3.04. The molecule has 166 valence electrons. The highest BCUT2D eigenvalue weighted by molar-refractivity contribution is 7.91. The number of benzene rings is 2. The number of sulfone groups is 1. The smallest absolute Gasteiger partial charge is 0.230 e. The van der Waals surface area contributed by atoms with E-state index in [0.717, 1.165) is 11.3 Å². The molecule has 9 heteroatoms. The number of aromatic hydroxyl groups is 1. The third-order valence-electron chi connectivity index (χ3n) is 5.49. The Labute approximate surface area is 190 Å². The van der Waals surface area contributed by atoms with Gasteiger partial charge in [-0.25, -0.2) is 13.4 Å². The number of fused-ring (bicyclic) bond motifs is 1. The molecule has 0 bridgehead atoms. The lowest BCUT2D eigenvalue weighted by Crippen LogP contribution is -2.19. The minimum Gasteiger partial charge on any atom is -0.508 e. The molecule has 0 saturated carbocycles. The molecule has 2 N–H and O–H groups in total. The summed E-state index contributed by atoms with van der Waals surface area (Å²) >= 11 is 1.14. The molecule has 1 aliphatic rings. The summed E-state index contributed by atoms with van der Waals surface area (Å²) in [5, 5.41) is 13.2. The standard InChI is InChI=1S/C23H22N2O5S2/c1-2-32(29,30)15-9-7-14(8-10-15)13-20(27)25-23-24-18-12-11-17(21(28)22(18)31-23)16-5-3-4-6-19(16)26/h3-10,17,26H,2,11-13H2,1H3,(H,24,25,27). The first-order chi connectivity index (χ1) is 15.3. The van der Waals surface area contributed by atoms with Crippen LogP contribution in [0.3, 0.4) is 0 Å². The number of Topliss-reactive ketones (excluding diaryl/α,β-unsaturated/α-hetero) is 1. The lowest BCUT2D eigenvalue weighted by Gasteiger charge is -2.20. The number of hydrogen-bond acceptors (Lipinski definition) is 7. The van der Waals surface area contributed by atoms with Crippen molar-refractivity contribution in [2.45, 2.75) is 37.0 Å². The number of phenolic OH excluding ortho intramolecular Hbond substituents is 1. The maximum Gasteiger partial charge on any atom is 0.230 e.